The molecular formula is C18H26N2O2. The molecule has 0 atom stereocenters. The van der Waals surface area contributed by atoms with E-state index in [0.717, 1.165) is 13.0 Å². The Bertz CT molecular complexity index is 590. The molecule has 1 aromatic carbocycles. The number of aryl methyl sites for hydroxylation is 1. The van der Waals surface area contributed by atoms with Crippen molar-refractivity contribution in [3.05, 3.63) is 36.5 Å². The van der Waals surface area contributed by atoms with Gasteiger partial charge in [-0.1, -0.05) is 32.0 Å². The second-order valence-corrected chi connectivity index (χ2v) is 5.99. The first kappa shape index (κ1) is 16.6. The molecule has 0 bridgehead atoms. The van der Waals surface area contributed by atoms with Crippen molar-refractivity contribution in [3.8, 4) is 0 Å². The van der Waals surface area contributed by atoms with Gasteiger partial charge in [-0.15, -0.1) is 0 Å². The molecule has 1 amide bonds. The van der Waals surface area contributed by atoms with E-state index in [4.69, 9.17) is 4.74 Å². The number of nitrogens with one attached hydrogen (secondary N) is 1. The lowest BCUT2D eigenvalue weighted by Gasteiger charge is -2.08. The Labute approximate surface area is 132 Å². The molecule has 0 saturated carbocycles. The summed E-state index contributed by atoms with van der Waals surface area (Å²) in [6.45, 7) is 7.15. The molecule has 0 spiro atoms. The lowest BCUT2D eigenvalue weighted by Crippen LogP contribution is -2.26. The minimum absolute atomic E-state index is 0.0987. The van der Waals surface area contributed by atoms with E-state index in [1.54, 1.807) is 0 Å². The summed E-state index contributed by atoms with van der Waals surface area (Å²) in [4.78, 5) is 11.8. The predicted molar refractivity (Wildman–Crippen MR) is 89.8 cm³/mol. The molecule has 2 rings (SSSR count). The van der Waals surface area contributed by atoms with E-state index >= 15 is 0 Å². The SMILES string of the molecule is CC(C)COCCCNC(=O)CCn1ccc2ccccc21. The van der Waals surface area contributed by atoms with E-state index < -0.39 is 0 Å². The largest absolute Gasteiger partial charge is 0.381 e. The van der Waals surface area contributed by atoms with Crippen LogP contribution in [0.2, 0.25) is 0 Å². The second kappa shape index (κ2) is 8.59. The topological polar surface area (TPSA) is 43.3 Å². The van der Waals surface area contributed by atoms with Gasteiger partial charge >= 0.3 is 0 Å². The molecule has 0 saturated heterocycles. The number of benzene rings is 1. The number of hydrogen-bond donors (Lipinski definition) is 1. The summed E-state index contributed by atoms with van der Waals surface area (Å²) >= 11 is 0. The third kappa shape index (κ3) is 5.19. The van der Waals surface area contributed by atoms with E-state index in [1.807, 2.05) is 18.3 Å². The van der Waals surface area contributed by atoms with Gasteiger partial charge in [-0.25, -0.2) is 0 Å². The zero-order valence-corrected chi connectivity index (χ0v) is 13.5. The summed E-state index contributed by atoms with van der Waals surface area (Å²) in [6, 6.07) is 10.3. The van der Waals surface area contributed by atoms with E-state index in [9.17, 15) is 4.79 Å². The number of carbonyl (C=O) groups is 1. The molecule has 4 nitrogen and oxygen atoms in total. The van der Waals surface area contributed by atoms with Crippen molar-refractivity contribution in [1.29, 1.82) is 0 Å². The smallest absolute Gasteiger partial charge is 0.221 e. The third-order valence-corrected chi connectivity index (χ3v) is 3.50. The maximum absolute atomic E-state index is 11.8. The van der Waals surface area contributed by atoms with Gasteiger partial charge in [-0.2, -0.15) is 0 Å². The highest BCUT2D eigenvalue weighted by molar-refractivity contribution is 5.80. The van der Waals surface area contributed by atoms with Crippen molar-refractivity contribution in [2.75, 3.05) is 19.8 Å². The second-order valence-electron chi connectivity index (χ2n) is 5.99. The Balaban J connectivity index is 1.64. The van der Waals surface area contributed by atoms with Crippen molar-refractivity contribution in [1.82, 2.24) is 9.88 Å². The summed E-state index contributed by atoms with van der Waals surface area (Å²) in [7, 11) is 0. The summed E-state index contributed by atoms with van der Waals surface area (Å²) in [5.41, 5.74) is 1.18. The first-order chi connectivity index (χ1) is 10.7. The van der Waals surface area contributed by atoms with Crippen LogP contribution in [-0.2, 0) is 16.1 Å². The number of carbonyl (C=O) groups excluding carboxylic acids is 1. The molecule has 22 heavy (non-hydrogen) atoms. The maximum Gasteiger partial charge on any atom is 0.221 e. The van der Waals surface area contributed by atoms with Crippen molar-refractivity contribution in [2.24, 2.45) is 5.92 Å². The quantitative estimate of drug-likeness (QED) is 0.723. The molecule has 1 heterocycles. The Hall–Kier alpha value is -1.81. The van der Waals surface area contributed by atoms with Crippen molar-refractivity contribution >= 4 is 16.8 Å². The van der Waals surface area contributed by atoms with Gasteiger partial charge < -0.3 is 14.6 Å². The monoisotopic (exact) mass is 302 g/mol. The van der Waals surface area contributed by atoms with Crippen molar-refractivity contribution < 1.29 is 9.53 Å². The van der Waals surface area contributed by atoms with Crippen molar-refractivity contribution in [2.45, 2.75) is 33.2 Å². The number of nitrogens with zero attached hydrogens (tertiary/aromatic N) is 1. The average Bonchev–Trinajstić information content (AvgIpc) is 2.91. The highest BCUT2D eigenvalue weighted by Gasteiger charge is 2.04. The Morgan fingerprint density at radius 1 is 1.27 bits per heavy atom. The van der Waals surface area contributed by atoms with Gasteiger partial charge in [-0.3, -0.25) is 4.79 Å². The molecule has 4 heteroatoms. The van der Waals surface area contributed by atoms with Crippen LogP contribution in [0.5, 0.6) is 0 Å². The Morgan fingerprint density at radius 3 is 2.91 bits per heavy atom. The number of aromatic nitrogens is 1. The molecular weight excluding hydrogens is 276 g/mol. The van der Waals surface area contributed by atoms with Crippen LogP contribution in [0.15, 0.2) is 36.5 Å². The first-order valence-electron chi connectivity index (χ1n) is 8.05. The average molecular weight is 302 g/mol. The molecule has 0 radical (unpaired) electrons. The third-order valence-electron chi connectivity index (χ3n) is 3.50. The fourth-order valence-electron chi connectivity index (χ4n) is 2.37. The predicted octanol–water partition coefficient (Wildman–Crippen LogP) is 3.21. The molecule has 1 N–H and O–H groups in total. The fraction of sp³-hybridized carbons (Fsp3) is 0.500. The van der Waals surface area contributed by atoms with Crippen LogP contribution in [0, 0.1) is 5.92 Å². The standard InChI is InChI=1S/C18H26N2O2/c1-15(2)14-22-13-5-10-19-18(21)9-12-20-11-8-16-6-3-4-7-17(16)20/h3-4,6-8,11,15H,5,9-10,12-14H2,1-2H3,(H,19,21). The number of para-hydroxylation sites is 1. The van der Waals surface area contributed by atoms with Gasteiger partial charge in [0.1, 0.15) is 0 Å². The zero-order valence-electron chi connectivity index (χ0n) is 13.5. The Kier molecular flexibility index (Phi) is 6.46. The number of ether oxygens (including phenoxy) is 1. The van der Waals surface area contributed by atoms with Crippen LogP contribution in [0.3, 0.4) is 0 Å². The normalized spacial score (nSPS) is 11.2. The summed E-state index contributed by atoms with van der Waals surface area (Å²) in [6.07, 6.45) is 3.41. The van der Waals surface area contributed by atoms with Gasteiger partial charge in [0.05, 0.1) is 0 Å². The molecule has 120 valence electrons. The summed E-state index contributed by atoms with van der Waals surface area (Å²) in [5, 5.41) is 4.16. The lowest BCUT2D eigenvalue weighted by atomic mass is 10.2. The van der Waals surface area contributed by atoms with Crippen LogP contribution in [0.4, 0.5) is 0 Å². The van der Waals surface area contributed by atoms with E-state index in [0.29, 0.717) is 32.0 Å². The fourth-order valence-corrected chi connectivity index (χ4v) is 2.37. The van der Waals surface area contributed by atoms with E-state index in [2.05, 4.69) is 41.9 Å². The van der Waals surface area contributed by atoms with Crippen LogP contribution in [0.25, 0.3) is 10.9 Å². The zero-order chi connectivity index (χ0) is 15.8. The maximum atomic E-state index is 11.8. The lowest BCUT2D eigenvalue weighted by molar-refractivity contribution is -0.121. The van der Waals surface area contributed by atoms with Crippen molar-refractivity contribution in [3.63, 3.8) is 0 Å². The van der Waals surface area contributed by atoms with Gasteiger partial charge in [-0.05, 0) is 29.9 Å². The number of amides is 1. The highest BCUT2D eigenvalue weighted by atomic mass is 16.5. The Morgan fingerprint density at radius 2 is 2.09 bits per heavy atom. The molecule has 1 aromatic heterocycles. The molecule has 0 unspecified atom stereocenters. The minimum Gasteiger partial charge on any atom is -0.381 e. The van der Waals surface area contributed by atoms with E-state index in [1.165, 1.54) is 10.9 Å². The summed E-state index contributed by atoms with van der Waals surface area (Å²) in [5.74, 6) is 0.660. The van der Waals surface area contributed by atoms with Gasteiger partial charge in [0.2, 0.25) is 5.91 Å². The molecule has 0 aliphatic carbocycles. The van der Waals surface area contributed by atoms with Gasteiger partial charge in [0.15, 0.2) is 0 Å². The molecule has 0 fully saturated rings. The van der Waals surface area contributed by atoms with E-state index in [-0.39, 0.29) is 5.91 Å². The number of rotatable bonds is 9. The first-order valence-corrected chi connectivity index (χ1v) is 8.05. The van der Waals surface area contributed by atoms with Crippen LogP contribution >= 0.6 is 0 Å². The van der Waals surface area contributed by atoms with Crippen LogP contribution in [-0.4, -0.2) is 30.2 Å². The van der Waals surface area contributed by atoms with Gasteiger partial charge in [0.25, 0.3) is 0 Å². The molecule has 0 aliphatic rings. The number of fused-ring (bicyclic) bond motifs is 1. The van der Waals surface area contributed by atoms with Crippen LogP contribution in [0.1, 0.15) is 26.7 Å². The molecule has 0 aliphatic heterocycles. The molecule has 2 aromatic rings. The minimum atomic E-state index is 0.0987. The number of hydrogen-bond acceptors (Lipinski definition) is 2. The van der Waals surface area contributed by atoms with Gasteiger partial charge in [0, 0.05) is 44.4 Å². The summed E-state index contributed by atoms with van der Waals surface area (Å²) < 4.78 is 7.61. The highest BCUT2D eigenvalue weighted by Crippen LogP contribution is 2.15. The van der Waals surface area contributed by atoms with Crippen LogP contribution < -0.4 is 5.32 Å².